The molecule has 0 spiro atoms. The molecule has 2 unspecified atom stereocenters. The van der Waals surface area contributed by atoms with Crippen molar-refractivity contribution in [3.8, 4) is 11.5 Å². The molecule has 1 aliphatic rings. The monoisotopic (exact) mass is 290 g/mol. The maximum absolute atomic E-state index is 10.5. The van der Waals surface area contributed by atoms with Crippen LogP contribution in [0, 0.1) is 0 Å². The van der Waals surface area contributed by atoms with Crippen LogP contribution in [0.15, 0.2) is 42.5 Å². The van der Waals surface area contributed by atoms with Gasteiger partial charge in [-0.25, -0.2) is 0 Å². The second kappa shape index (κ2) is 5.35. The van der Waals surface area contributed by atoms with Gasteiger partial charge in [0.05, 0.1) is 12.1 Å². The Morgan fingerprint density at radius 2 is 2.10 bits per heavy atom. The molecule has 3 nitrogen and oxygen atoms in total. The SMILES string of the molecule is COc1ccc(C(O)C2Cc3ccccc3O2)c(Cl)c1. The normalized spacial score (nSPS) is 18.2. The summed E-state index contributed by atoms with van der Waals surface area (Å²) in [6, 6.07) is 13.1. The first-order chi connectivity index (χ1) is 9.69. The van der Waals surface area contributed by atoms with Gasteiger partial charge in [-0.1, -0.05) is 35.9 Å². The molecule has 0 saturated carbocycles. The number of rotatable bonds is 3. The van der Waals surface area contributed by atoms with Crippen LogP contribution >= 0.6 is 11.6 Å². The van der Waals surface area contributed by atoms with Gasteiger partial charge in [-0.15, -0.1) is 0 Å². The molecule has 0 saturated heterocycles. The lowest BCUT2D eigenvalue weighted by Crippen LogP contribution is -2.23. The first-order valence-corrected chi connectivity index (χ1v) is 6.83. The van der Waals surface area contributed by atoms with E-state index in [1.54, 1.807) is 25.3 Å². The van der Waals surface area contributed by atoms with Crippen LogP contribution in [-0.2, 0) is 6.42 Å². The fourth-order valence-electron chi connectivity index (χ4n) is 2.46. The summed E-state index contributed by atoms with van der Waals surface area (Å²) in [7, 11) is 1.58. The van der Waals surface area contributed by atoms with E-state index in [9.17, 15) is 5.11 Å². The molecule has 104 valence electrons. The van der Waals surface area contributed by atoms with E-state index in [0.29, 0.717) is 22.8 Å². The van der Waals surface area contributed by atoms with Crippen molar-refractivity contribution < 1.29 is 14.6 Å². The van der Waals surface area contributed by atoms with Crippen molar-refractivity contribution in [2.24, 2.45) is 0 Å². The summed E-state index contributed by atoms with van der Waals surface area (Å²) in [6.07, 6.45) is -0.390. The van der Waals surface area contributed by atoms with Crippen molar-refractivity contribution in [2.45, 2.75) is 18.6 Å². The number of benzene rings is 2. The van der Waals surface area contributed by atoms with Crippen LogP contribution in [0.2, 0.25) is 5.02 Å². The van der Waals surface area contributed by atoms with Crippen LogP contribution in [0.3, 0.4) is 0 Å². The third kappa shape index (κ3) is 2.35. The zero-order valence-corrected chi connectivity index (χ0v) is 11.8. The molecule has 2 atom stereocenters. The van der Waals surface area contributed by atoms with E-state index in [2.05, 4.69) is 0 Å². The minimum absolute atomic E-state index is 0.307. The van der Waals surface area contributed by atoms with Crippen LogP contribution in [0.4, 0.5) is 0 Å². The Morgan fingerprint density at radius 1 is 1.30 bits per heavy atom. The molecule has 1 aliphatic heterocycles. The number of aliphatic hydroxyl groups is 1. The number of hydrogen-bond donors (Lipinski definition) is 1. The van der Waals surface area contributed by atoms with Crippen molar-refractivity contribution in [3.63, 3.8) is 0 Å². The number of fused-ring (bicyclic) bond motifs is 1. The molecule has 4 heteroatoms. The van der Waals surface area contributed by atoms with Gasteiger partial charge < -0.3 is 14.6 Å². The molecule has 0 amide bonds. The highest BCUT2D eigenvalue weighted by Gasteiger charge is 2.31. The second-order valence-corrected chi connectivity index (χ2v) is 5.21. The summed E-state index contributed by atoms with van der Waals surface area (Å²) < 4.78 is 10.9. The maximum Gasteiger partial charge on any atom is 0.133 e. The number of halogens is 1. The van der Waals surface area contributed by atoms with Gasteiger partial charge in [0, 0.05) is 12.0 Å². The van der Waals surface area contributed by atoms with Gasteiger partial charge in [0.1, 0.15) is 23.7 Å². The van der Waals surface area contributed by atoms with Gasteiger partial charge in [-0.3, -0.25) is 0 Å². The first-order valence-electron chi connectivity index (χ1n) is 6.45. The van der Waals surface area contributed by atoms with Crippen LogP contribution in [-0.4, -0.2) is 18.3 Å². The van der Waals surface area contributed by atoms with Crippen LogP contribution in [0.25, 0.3) is 0 Å². The van der Waals surface area contributed by atoms with E-state index in [1.807, 2.05) is 24.3 Å². The quantitative estimate of drug-likeness (QED) is 0.942. The molecule has 3 rings (SSSR count). The smallest absolute Gasteiger partial charge is 0.133 e. The highest BCUT2D eigenvalue weighted by molar-refractivity contribution is 6.31. The van der Waals surface area contributed by atoms with E-state index < -0.39 is 6.10 Å². The Labute approximate surface area is 122 Å². The lowest BCUT2D eigenvalue weighted by atomic mass is 10.00. The molecular formula is C16H15ClO3. The number of hydrogen-bond acceptors (Lipinski definition) is 3. The minimum Gasteiger partial charge on any atom is -0.497 e. The van der Waals surface area contributed by atoms with Crippen molar-refractivity contribution in [2.75, 3.05) is 7.11 Å². The lowest BCUT2D eigenvalue weighted by molar-refractivity contribution is 0.0492. The average Bonchev–Trinajstić information content (AvgIpc) is 2.90. The van der Waals surface area contributed by atoms with Crippen molar-refractivity contribution in [3.05, 3.63) is 58.6 Å². The van der Waals surface area contributed by atoms with Gasteiger partial charge in [0.2, 0.25) is 0 Å². The lowest BCUT2D eigenvalue weighted by Gasteiger charge is -2.19. The summed E-state index contributed by atoms with van der Waals surface area (Å²) >= 11 is 6.20. The number of ether oxygens (including phenoxy) is 2. The van der Waals surface area contributed by atoms with Gasteiger partial charge in [-0.2, -0.15) is 0 Å². The minimum atomic E-state index is -0.763. The first kappa shape index (κ1) is 13.3. The van der Waals surface area contributed by atoms with Crippen LogP contribution < -0.4 is 9.47 Å². The molecule has 1 N–H and O–H groups in total. The highest BCUT2D eigenvalue weighted by Crippen LogP contribution is 2.36. The summed E-state index contributed by atoms with van der Waals surface area (Å²) in [5, 5.41) is 11.0. The van der Waals surface area contributed by atoms with E-state index in [1.165, 1.54) is 0 Å². The molecular weight excluding hydrogens is 276 g/mol. The predicted octanol–water partition coefficient (Wildman–Crippen LogP) is 3.39. The van der Waals surface area contributed by atoms with E-state index in [-0.39, 0.29) is 6.10 Å². The Bertz CT molecular complexity index is 602. The van der Waals surface area contributed by atoms with Gasteiger partial charge >= 0.3 is 0 Å². The standard InChI is InChI=1S/C16H15ClO3/c1-19-11-6-7-12(13(17)9-11)16(18)15-8-10-4-2-3-5-14(10)20-15/h2-7,9,15-16,18H,8H2,1H3. The molecule has 0 fully saturated rings. The molecule has 0 radical (unpaired) electrons. The Hall–Kier alpha value is -1.71. The third-order valence-electron chi connectivity index (χ3n) is 3.55. The Kier molecular flexibility index (Phi) is 3.55. The maximum atomic E-state index is 10.5. The largest absolute Gasteiger partial charge is 0.497 e. The summed E-state index contributed by atoms with van der Waals surface area (Å²) in [6.45, 7) is 0. The van der Waals surface area contributed by atoms with Gasteiger partial charge in [0.15, 0.2) is 0 Å². The second-order valence-electron chi connectivity index (χ2n) is 4.80. The van der Waals surface area contributed by atoms with Crippen molar-refractivity contribution >= 4 is 11.6 Å². The Morgan fingerprint density at radius 3 is 2.80 bits per heavy atom. The van der Waals surface area contributed by atoms with Crippen LogP contribution in [0.5, 0.6) is 11.5 Å². The van der Waals surface area contributed by atoms with E-state index in [0.717, 1.165) is 11.3 Å². The predicted molar refractivity (Wildman–Crippen MR) is 77.5 cm³/mol. The number of para-hydroxylation sites is 1. The Balaban J connectivity index is 1.82. The van der Waals surface area contributed by atoms with Gasteiger partial charge in [0.25, 0.3) is 0 Å². The molecule has 0 aliphatic carbocycles. The van der Waals surface area contributed by atoms with E-state index >= 15 is 0 Å². The third-order valence-corrected chi connectivity index (χ3v) is 3.88. The average molecular weight is 291 g/mol. The summed E-state index contributed by atoms with van der Waals surface area (Å²) in [5.74, 6) is 1.50. The molecule has 2 aromatic carbocycles. The van der Waals surface area contributed by atoms with Crippen molar-refractivity contribution in [1.82, 2.24) is 0 Å². The topological polar surface area (TPSA) is 38.7 Å². The summed E-state index contributed by atoms with van der Waals surface area (Å²) in [5.41, 5.74) is 1.77. The molecule has 20 heavy (non-hydrogen) atoms. The van der Waals surface area contributed by atoms with Crippen LogP contribution in [0.1, 0.15) is 17.2 Å². The molecule has 2 aromatic rings. The molecule has 0 aromatic heterocycles. The number of methoxy groups -OCH3 is 1. The fraction of sp³-hybridized carbons (Fsp3) is 0.250. The van der Waals surface area contributed by atoms with Gasteiger partial charge in [-0.05, 0) is 23.8 Å². The number of aliphatic hydroxyl groups excluding tert-OH is 1. The highest BCUT2D eigenvalue weighted by atomic mass is 35.5. The summed E-state index contributed by atoms with van der Waals surface area (Å²) in [4.78, 5) is 0. The fourth-order valence-corrected chi connectivity index (χ4v) is 2.74. The van der Waals surface area contributed by atoms with E-state index in [4.69, 9.17) is 21.1 Å². The van der Waals surface area contributed by atoms with Crippen molar-refractivity contribution in [1.29, 1.82) is 0 Å². The zero-order chi connectivity index (χ0) is 14.1. The molecule has 0 bridgehead atoms. The molecule has 1 heterocycles. The zero-order valence-electron chi connectivity index (χ0n) is 11.0.